The molecule has 0 saturated carbocycles. The Morgan fingerprint density at radius 2 is 2.17 bits per heavy atom. The molecule has 2 heterocycles. The second-order valence-corrected chi connectivity index (χ2v) is 4.63. The minimum atomic E-state index is -0.0231. The number of rotatable bonds is 3. The van der Waals surface area contributed by atoms with Gasteiger partial charge in [0, 0.05) is 38.1 Å². The maximum Gasteiger partial charge on any atom is 0.158 e. The van der Waals surface area contributed by atoms with E-state index < -0.39 is 0 Å². The molecule has 0 bridgehead atoms. The summed E-state index contributed by atoms with van der Waals surface area (Å²) in [7, 11) is 2.15. The lowest BCUT2D eigenvalue weighted by Gasteiger charge is -2.40. The fourth-order valence-electron chi connectivity index (χ4n) is 2.33. The van der Waals surface area contributed by atoms with Crippen LogP contribution in [-0.2, 0) is 0 Å². The molecular formula is C12H20N6. The summed E-state index contributed by atoms with van der Waals surface area (Å²) in [5.41, 5.74) is 6.04. The van der Waals surface area contributed by atoms with Crippen molar-refractivity contribution in [2.24, 2.45) is 5.73 Å². The first-order valence-electron chi connectivity index (χ1n) is 6.24. The number of hydrogen-bond donors (Lipinski definition) is 2. The van der Waals surface area contributed by atoms with Crippen molar-refractivity contribution in [3.05, 3.63) is 18.1 Å². The van der Waals surface area contributed by atoms with E-state index in [4.69, 9.17) is 11.1 Å². The summed E-state index contributed by atoms with van der Waals surface area (Å²) >= 11 is 0. The van der Waals surface area contributed by atoms with Gasteiger partial charge in [0.2, 0.25) is 0 Å². The lowest BCUT2D eigenvalue weighted by atomic mass is 10.1. The molecule has 1 aliphatic rings. The highest BCUT2D eigenvalue weighted by Gasteiger charge is 2.25. The number of nitrogens with one attached hydrogen (secondary N) is 1. The molecule has 2 rings (SSSR count). The third kappa shape index (κ3) is 2.43. The van der Waals surface area contributed by atoms with Crippen molar-refractivity contribution >= 4 is 11.7 Å². The zero-order valence-corrected chi connectivity index (χ0v) is 10.9. The normalized spacial score (nSPS) is 21.0. The van der Waals surface area contributed by atoms with E-state index in [1.807, 2.05) is 0 Å². The SMILES string of the molecule is CCC1CN(c2nccnc2C(=N)N)CCN1C. The molecule has 6 nitrogen and oxygen atoms in total. The van der Waals surface area contributed by atoms with Gasteiger partial charge in [-0.25, -0.2) is 9.97 Å². The monoisotopic (exact) mass is 248 g/mol. The number of nitrogens with two attached hydrogens (primary N) is 1. The molecule has 1 saturated heterocycles. The molecule has 0 spiro atoms. The Bertz CT molecular complexity index is 432. The molecule has 1 unspecified atom stereocenters. The van der Waals surface area contributed by atoms with E-state index >= 15 is 0 Å². The standard InChI is InChI=1S/C12H20N6/c1-3-9-8-18(7-6-17(9)2)12-10(11(13)14)15-4-5-16-12/h4-5,9H,3,6-8H2,1-2H3,(H3,13,14). The van der Waals surface area contributed by atoms with Gasteiger partial charge in [0.1, 0.15) is 11.5 Å². The minimum Gasteiger partial charge on any atom is -0.382 e. The zero-order valence-electron chi connectivity index (χ0n) is 10.9. The van der Waals surface area contributed by atoms with E-state index in [2.05, 4.69) is 33.7 Å². The van der Waals surface area contributed by atoms with Crippen molar-refractivity contribution in [1.29, 1.82) is 5.41 Å². The number of piperazine rings is 1. The lowest BCUT2D eigenvalue weighted by molar-refractivity contribution is 0.213. The molecule has 1 atom stereocenters. The molecule has 1 fully saturated rings. The molecule has 0 aliphatic carbocycles. The van der Waals surface area contributed by atoms with Crippen LogP contribution in [0.4, 0.5) is 5.82 Å². The Morgan fingerprint density at radius 3 is 2.83 bits per heavy atom. The Labute approximate surface area is 107 Å². The van der Waals surface area contributed by atoms with Crippen LogP contribution in [-0.4, -0.2) is 53.4 Å². The molecule has 1 aliphatic heterocycles. The van der Waals surface area contributed by atoms with Crippen LogP contribution >= 0.6 is 0 Å². The Morgan fingerprint density at radius 1 is 1.44 bits per heavy atom. The zero-order chi connectivity index (χ0) is 13.1. The summed E-state index contributed by atoms with van der Waals surface area (Å²) in [6.07, 6.45) is 4.33. The third-order valence-corrected chi connectivity index (χ3v) is 3.48. The fourth-order valence-corrected chi connectivity index (χ4v) is 2.33. The van der Waals surface area contributed by atoms with Crippen LogP contribution in [0, 0.1) is 5.41 Å². The molecule has 6 heteroatoms. The molecule has 3 N–H and O–H groups in total. The van der Waals surface area contributed by atoms with Crippen LogP contribution in [0.15, 0.2) is 12.4 Å². The number of nitrogen functional groups attached to an aromatic ring is 1. The van der Waals surface area contributed by atoms with E-state index in [1.165, 1.54) is 0 Å². The predicted octanol–water partition coefficient (Wildman–Crippen LogP) is 0.291. The molecular weight excluding hydrogens is 228 g/mol. The fraction of sp³-hybridized carbons (Fsp3) is 0.583. The van der Waals surface area contributed by atoms with Gasteiger partial charge >= 0.3 is 0 Å². The van der Waals surface area contributed by atoms with Crippen LogP contribution < -0.4 is 10.6 Å². The van der Waals surface area contributed by atoms with E-state index in [0.29, 0.717) is 11.7 Å². The number of nitrogens with zero attached hydrogens (tertiary/aromatic N) is 4. The van der Waals surface area contributed by atoms with Crippen LogP contribution in [0.5, 0.6) is 0 Å². The predicted molar refractivity (Wildman–Crippen MR) is 72.0 cm³/mol. The molecule has 0 amide bonds. The Hall–Kier alpha value is -1.69. The minimum absolute atomic E-state index is 0.0231. The van der Waals surface area contributed by atoms with Gasteiger partial charge in [-0.05, 0) is 13.5 Å². The first-order chi connectivity index (χ1) is 8.63. The molecule has 98 valence electrons. The second kappa shape index (κ2) is 5.30. The molecule has 0 aromatic carbocycles. The Balaban J connectivity index is 2.24. The van der Waals surface area contributed by atoms with Crippen molar-refractivity contribution in [3.63, 3.8) is 0 Å². The van der Waals surface area contributed by atoms with Gasteiger partial charge in [0.25, 0.3) is 0 Å². The maximum atomic E-state index is 7.57. The summed E-state index contributed by atoms with van der Waals surface area (Å²) in [6.45, 7) is 4.98. The summed E-state index contributed by atoms with van der Waals surface area (Å²) < 4.78 is 0. The maximum absolute atomic E-state index is 7.57. The first kappa shape index (κ1) is 12.8. The van der Waals surface area contributed by atoms with Crippen molar-refractivity contribution < 1.29 is 0 Å². The number of likely N-dealkylation sites (N-methyl/N-ethyl adjacent to an activating group) is 1. The molecule has 18 heavy (non-hydrogen) atoms. The average Bonchev–Trinajstić information content (AvgIpc) is 2.39. The quantitative estimate of drug-likeness (QED) is 0.593. The van der Waals surface area contributed by atoms with Gasteiger partial charge in [-0.1, -0.05) is 6.92 Å². The molecule has 1 aromatic rings. The Kier molecular flexibility index (Phi) is 3.76. The van der Waals surface area contributed by atoms with Gasteiger partial charge in [-0.15, -0.1) is 0 Å². The third-order valence-electron chi connectivity index (χ3n) is 3.48. The average molecular weight is 248 g/mol. The van der Waals surface area contributed by atoms with E-state index in [9.17, 15) is 0 Å². The summed E-state index contributed by atoms with van der Waals surface area (Å²) in [5, 5.41) is 7.57. The lowest BCUT2D eigenvalue weighted by Crippen LogP contribution is -2.52. The summed E-state index contributed by atoms with van der Waals surface area (Å²) in [5.74, 6) is 0.710. The highest BCUT2D eigenvalue weighted by atomic mass is 15.3. The molecule has 1 aromatic heterocycles. The van der Waals surface area contributed by atoms with Crippen molar-refractivity contribution in [2.75, 3.05) is 31.6 Å². The van der Waals surface area contributed by atoms with E-state index in [0.717, 1.165) is 31.9 Å². The van der Waals surface area contributed by atoms with Crippen LogP contribution in [0.25, 0.3) is 0 Å². The number of anilines is 1. The van der Waals surface area contributed by atoms with Gasteiger partial charge in [0.05, 0.1) is 0 Å². The first-order valence-corrected chi connectivity index (χ1v) is 6.24. The number of hydrogen-bond acceptors (Lipinski definition) is 5. The highest BCUT2D eigenvalue weighted by molar-refractivity contribution is 5.97. The topological polar surface area (TPSA) is 82.1 Å². The summed E-state index contributed by atoms with van der Waals surface area (Å²) in [6, 6.07) is 0.514. The molecule has 0 radical (unpaired) electrons. The van der Waals surface area contributed by atoms with Crippen LogP contribution in [0.1, 0.15) is 19.0 Å². The number of amidine groups is 1. The van der Waals surface area contributed by atoms with Gasteiger partial charge < -0.3 is 10.6 Å². The smallest absolute Gasteiger partial charge is 0.158 e. The largest absolute Gasteiger partial charge is 0.382 e. The van der Waals surface area contributed by atoms with Crippen LogP contribution in [0.2, 0.25) is 0 Å². The van der Waals surface area contributed by atoms with Crippen molar-refractivity contribution in [2.45, 2.75) is 19.4 Å². The van der Waals surface area contributed by atoms with Crippen molar-refractivity contribution in [3.8, 4) is 0 Å². The van der Waals surface area contributed by atoms with Gasteiger partial charge in [0.15, 0.2) is 5.82 Å². The second-order valence-electron chi connectivity index (χ2n) is 4.63. The van der Waals surface area contributed by atoms with Gasteiger partial charge in [-0.3, -0.25) is 10.3 Å². The highest BCUT2D eigenvalue weighted by Crippen LogP contribution is 2.19. The van der Waals surface area contributed by atoms with Crippen molar-refractivity contribution in [1.82, 2.24) is 14.9 Å². The number of aromatic nitrogens is 2. The van der Waals surface area contributed by atoms with E-state index in [1.54, 1.807) is 12.4 Å². The van der Waals surface area contributed by atoms with Gasteiger partial charge in [-0.2, -0.15) is 0 Å². The van der Waals surface area contributed by atoms with Crippen LogP contribution in [0.3, 0.4) is 0 Å². The summed E-state index contributed by atoms with van der Waals surface area (Å²) in [4.78, 5) is 13.0. The van der Waals surface area contributed by atoms with E-state index in [-0.39, 0.29) is 5.84 Å².